The molecule has 3 rings (SSSR count). The van der Waals surface area contributed by atoms with Gasteiger partial charge < -0.3 is 0 Å². The number of aryl methyl sites for hydroxylation is 2. The van der Waals surface area contributed by atoms with Gasteiger partial charge in [-0.1, -0.05) is 80.9 Å². The summed E-state index contributed by atoms with van der Waals surface area (Å²) in [5.74, 6) is 8.50. The van der Waals surface area contributed by atoms with Gasteiger partial charge in [0.15, 0.2) is 0 Å². The Morgan fingerprint density at radius 1 is 0.821 bits per heavy atom. The smallest absolute Gasteiger partial charge is 0.0249 e. The van der Waals surface area contributed by atoms with E-state index in [1.54, 1.807) is 0 Å². The lowest BCUT2D eigenvalue weighted by Crippen LogP contribution is -2.12. The zero-order valence-electron chi connectivity index (χ0n) is 17.6. The first kappa shape index (κ1) is 20.5. The number of hydrogen-bond acceptors (Lipinski definition) is 0. The van der Waals surface area contributed by atoms with Gasteiger partial charge in [-0.3, -0.25) is 0 Å². The van der Waals surface area contributed by atoms with Crippen molar-refractivity contribution in [1.82, 2.24) is 0 Å². The van der Waals surface area contributed by atoms with Gasteiger partial charge in [0.1, 0.15) is 0 Å². The van der Waals surface area contributed by atoms with Crippen LogP contribution in [0.4, 0.5) is 0 Å². The summed E-state index contributed by atoms with van der Waals surface area (Å²) in [5.41, 5.74) is 5.02. The van der Waals surface area contributed by atoms with Gasteiger partial charge in [-0.15, -0.1) is 0 Å². The van der Waals surface area contributed by atoms with E-state index in [-0.39, 0.29) is 1.43 Å². The third kappa shape index (κ3) is 6.72. The van der Waals surface area contributed by atoms with Crippen molar-refractivity contribution in [3.8, 4) is 11.8 Å². The van der Waals surface area contributed by atoms with Crippen molar-refractivity contribution in [2.24, 2.45) is 11.8 Å². The predicted molar refractivity (Wildman–Crippen MR) is 124 cm³/mol. The molecule has 0 nitrogen and oxygen atoms in total. The van der Waals surface area contributed by atoms with E-state index in [1.807, 2.05) is 0 Å². The highest BCUT2D eigenvalue weighted by molar-refractivity contribution is 5.44. The zero-order chi connectivity index (χ0) is 19.6. The Kier molecular flexibility index (Phi) is 7.98. The zero-order valence-corrected chi connectivity index (χ0v) is 17.6. The van der Waals surface area contributed by atoms with Gasteiger partial charge in [0, 0.05) is 12.6 Å². The summed E-state index contributed by atoms with van der Waals surface area (Å²) in [6.45, 7) is 4.47. The van der Waals surface area contributed by atoms with E-state index in [0.717, 1.165) is 35.8 Å². The Bertz CT molecular complexity index is 794. The van der Waals surface area contributed by atoms with Crippen LogP contribution in [0.25, 0.3) is 0 Å². The molecule has 0 heteroatoms. The molecule has 0 atom stereocenters. The van der Waals surface area contributed by atoms with Gasteiger partial charge in [0.25, 0.3) is 0 Å². The fourth-order valence-electron chi connectivity index (χ4n) is 4.06. The van der Waals surface area contributed by atoms with Crippen molar-refractivity contribution >= 4 is 0 Å². The molecule has 28 heavy (non-hydrogen) atoms. The molecule has 0 N–H and O–H groups in total. The fraction of sp³-hybridized carbons (Fsp3) is 0.429. The predicted octanol–water partition coefficient (Wildman–Crippen LogP) is 7.60. The van der Waals surface area contributed by atoms with E-state index in [2.05, 4.69) is 86.4 Å². The molecular weight excluding hydrogens is 336 g/mol. The monoisotopic (exact) mass is 372 g/mol. The molecule has 0 unspecified atom stereocenters. The molecule has 0 radical (unpaired) electrons. The Labute approximate surface area is 173 Å². The second kappa shape index (κ2) is 10.9. The maximum atomic E-state index is 3.31. The van der Waals surface area contributed by atoms with Crippen molar-refractivity contribution in [3.05, 3.63) is 82.9 Å². The van der Waals surface area contributed by atoms with Crippen LogP contribution in [0.1, 0.15) is 76.1 Å². The lowest BCUT2D eigenvalue weighted by atomic mass is 9.80. The SMILES string of the molecule is C/C=C/CCc1ccc(C#Cc2ccc(CCC3CCC(C)CC3)cc2)cc1.[HH]. The summed E-state index contributed by atoms with van der Waals surface area (Å²) >= 11 is 0. The highest BCUT2D eigenvalue weighted by Crippen LogP contribution is 2.31. The maximum absolute atomic E-state index is 3.31. The van der Waals surface area contributed by atoms with Crippen LogP contribution in [0.3, 0.4) is 0 Å². The summed E-state index contributed by atoms with van der Waals surface area (Å²) in [6, 6.07) is 17.5. The first-order valence-corrected chi connectivity index (χ1v) is 11.0. The van der Waals surface area contributed by atoms with Crippen LogP contribution in [-0.2, 0) is 12.8 Å². The second-order valence-corrected chi connectivity index (χ2v) is 8.42. The summed E-state index contributed by atoms with van der Waals surface area (Å²) in [5, 5.41) is 0. The fourth-order valence-corrected chi connectivity index (χ4v) is 4.06. The summed E-state index contributed by atoms with van der Waals surface area (Å²) in [4.78, 5) is 0. The van der Waals surface area contributed by atoms with Crippen LogP contribution < -0.4 is 0 Å². The summed E-state index contributed by atoms with van der Waals surface area (Å²) in [6.07, 6.45) is 14.8. The van der Waals surface area contributed by atoms with E-state index in [4.69, 9.17) is 0 Å². The third-order valence-corrected chi connectivity index (χ3v) is 6.07. The van der Waals surface area contributed by atoms with E-state index in [9.17, 15) is 0 Å². The van der Waals surface area contributed by atoms with Crippen molar-refractivity contribution in [1.29, 1.82) is 0 Å². The van der Waals surface area contributed by atoms with Crippen LogP contribution in [-0.4, -0.2) is 0 Å². The highest BCUT2D eigenvalue weighted by Gasteiger charge is 2.17. The van der Waals surface area contributed by atoms with Gasteiger partial charge in [-0.25, -0.2) is 0 Å². The third-order valence-electron chi connectivity index (χ3n) is 6.07. The van der Waals surface area contributed by atoms with Crippen molar-refractivity contribution in [3.63, 3.8) is 0 Å². The molecule has 0 aromatic heterocycles. The van der Waals surface area contributed by atoms with Gasteiger partial charge >= 0.3 is 0 Å². The maximum Gasteiger partial charge on any atom is 0.0249 e. The average molecular weight is 373 g/mol. The molecule has 0 heterocycles. The minimum atomic E-state index is 0. The van der Waals surface area contributed by atoms with E-state index < -0.39 is 0 Å². The molecule has 2 aromatic rings. The molecular formula is C28H36. The molecule has 148 valence electrons. The Morgan fingerprint density at radius 2 is 1.36 bits per heavy atom. The Hall–Kier alpha value is -2.26. The van der Waals surface area contributed by atoms with Gasteiger partial charge in [0.2, 0.25) is 0 Å². The number of hydrogen-bond donors (Lipinski definition) is 0. The van der Waals surface area contributed by atoms with Crippen molar-refractivity contribution in [2.45, 2.75) is 65.2 Å². The van der Waals surface area contributed by atoms with Gasteiger partial charge in [-0.2, -0.15) is 0 Å². The molecule has 0 bridgehead atoms. The van der Waals surface area contributed by atoms with E-state index in [0.29, 0.717) is 0 Å². The molecule has 2 aromatic carbocycles. The first-order valence-electron chi connectivity index (χ1n) is 11.0. The van der Waals surface area contributed by atoms with E-state index >= 15 is 0 Å². The van der Waals surface area contributed by atoms with Crippen LogP contribution >= 0.6 is 0 Å². The average Bonchev–Trinajstić information content (AvgIpc) is 2.74. The van der Waals surface area contributed by atoms with E-state index in [1.165, 1.54) is 49.7 Å². The van der Waals surface area contributed by atoms with Gasteiger partial charge in [-0.05, 0) is 79.8 Å². The Balaban J connectivity index is 0.00000300. The van der Waals surface area contributed by atoms with Gasteiger partial charge in [0.05, 0.1) is 0 Å². The minimum Gasteiger partial charge on any atom is -0.0917 e. The number of rotatable bonds is 6. The largest absolute Gasteiger partial charge is 0.0917 e. The summed E-state index contributed by atoms with van der Waals surface area (Å²) < 4.78 is 0. The molecule has 0 saturated heterocycles. The number of allylic oxidation sites excluding steroid dienone is 2. The van der Waals surface area contributed by atoms with Crippen molar-refractivity contribution in [2.75, 3.05) is 0 Å². The minimum absolute atomic E-state index is 0. The lowest BCUT2D eigenvalue weighted by molar-refractivity contribution is 0.278. The normalized spacial score (nSPS) is 19.4. The number of benzene rings is 2. The summed E-state index contributed by atoms with van der Waals surface area (Å²) in [7, 11) is 0. The standard InChI is InChI=1S/C28H34.H2/c1-3-4-5-6-24-11-13-26(14-12-24)17-18-28-21-19-27(20-22-28)16-15-25-9-7-23(2)8-10-25;/h3-4,11-14,19-23,25H,5-10,15-16H2,1-2H3;1H/b4-3+;. The molecule has 1 fully saturated rings. The van der Waals surface area contributed by atoms with Crippen LogP contribution in [0.2, 0.25) is 0 Å². The Morgan fingerprint density at radius 3 is 1.89 bits per heavy atom. The second-order valence-electron chi connectivity index (χ2n) is 8.42. The quantitative estimate of drug-likeness (QED) is 0.362. The highest BCUT2D eigenvalue weighted by atomic mass is 14.2. The molecule has 1 aliphatic carbocycles. The molecule has 0 spiro atoms. The lowest BCUT2D eigenvalue weighted by Gasteiger charge is -2.26. The van der Waals surface area contributed by atoms with Crippen LogP contribution in [0.15, 0.2) is 60.7 Å². The molecule has 0 aliphatic heterocycles. The molecule has 0 amide bonds. The van der Waals surface area contributed by atoms with Crippen LogP contribution in [0, 0.1) is 23.7 Å². The molecule has 1 aliphatic rings. The first-order chi connectivity index (χ1) is 13.7. The van der Waals surface area contributed by atoms with Crippen molar-refractivity contribution < 1.29 is 1.43 Å². The molecule has 1 saturated carbocycles. The van der Waals surface area contributed by atoms with Crippen LogP contribution in [0.5, 0.6) is 0 Å². The topological polar surface area (TPSA) is 0 Å².